The smallest absolute Gasteiger partial charge is 0.326 e. The lowest BCUT2D eigenvalue weighted by Crippen LogP contribution is -2.41. The van der Waals surface area contributed by atoms with Gasteiger partial charge in [0.2, 0.25) is 0 Å². The number of ether oxygens (including phenoxy) is 1. The number of hydrogen-bond acceptors (Lipinski definition) is 4. The maximum Gasteiger partial charge on any atom is 0.326 e. The molecule has 21 heavy (non-hydrogen) atoms. The molecule has 1 aromatic carbocycles. The molecule has 7 heteroatoms. The summed E-state index contributed by atoms with van der Waals surface area (Å²) in [4.78, 5) is 34.5. The fraction of sp³-hybridized carbons (Fsp3) is 0.357. The number of carboxylic acids is 1. The van der Waals surface area contributed by atoms with Crippen molar-refractivity contribution in [1.82, 2.24) is 5.32 Å². The lowest BCUT2D eigenvalue weighted by Gasteiger charge is -2.14. The number of halogens is 1. The molecule has 0 fully saturated rings. The van der Waals surface area contributed by atoms with E-state index in [-0.39, 0.29) is 19.4 Å². The number of hydrogen-bond donors (Lipinski definition) is 2. The van der Waals surface area contributed by atoms with Crippen LogP contribution in [0, 0.1) is 3.57 Å². The maximum absolute atomic E-state index is 12.1. The van der Waals surface area contributed by atoms with Crippen molar-refractivity contribution in [3.05, 3.63) is 33.4 Å². The number of nitrogens with one attached hydrogen (secondary N) is 1. The van der Waals surface area contributed by atoms with Crippen LogP contribution in [0.2, 0.25) is 0 Å². The molecule has 0 aliphatic carbocycles. The summed E-state index contributed by atoms with van der Waals surface area (Å²) in [5, 5.41) is 11.5. The topological polar surface area (TPSA) is 92.7 Å². The molecule has 114 valence electrons. The lowest BCUT2D eigenvalue weighted by atomic mass is 10.1. The third-order valence-electron chi connectivity index (χ3n) is 2.66. The Bertz CT molecular complexity index is 532. The van der Waals surface area contributed by atoms with Crippen LogP contribution in [0.25, 0.3) is 0 Å². The number of esters is 1. The van der Waals surface area contributed by atoms with E-state index in [1.807, 2.05) is 22.6 Å². The minimum atomic E-state index is -1.18. The monoisotopic (exact) mass is 405 g/mol. The van der Waals surface area contributed by atoms with Gasteiger partial charge in [0, 0.05) is 9.99 Å². The minimum Gasteiger partial charge on any atom is -0.480 e. The highest BCUT2D eigenvalue weighted by atomic mass is 127. The molecule has 0 aliphatic rings. The Morgan fingerprint density at radius 1 is 1.33 bits per heavy atom. The second-order valence-electron chi connectivity index (χ2n) is 4.19. The van der Waals surface area contributed by atoms with E-state index in [9.17, 15) is 14.4 Å². The van der Waals surface area contributed by atoms with E-state index in [1.165, 1.54) is 0 Å². The predicted octanol–water partition coefficient (Wildman–Crippen LogP) is 1.82. The maximum atomic E-state index is 12.1. The van der Waals surface area contributed by atoms with Gasteiger partial charge in [-0.25, -0.2) is 4.79 Å². The van der Waals surface area contributed by atoms with Gasteiger partial charge in [-0.1, -0.05) is 12.1 Å². The minimum absolute atomic E-state index is 0.0106. The Morgan fingerprint density at radius 2 is 2.00 bits per heavy atom. The molecule has 2 N–H and O–H groups in total. The first-order valence-electron chi connectivity index (χ1n) is 6.39. The number of carbonyl (C=O) groups is 3. The van der Waals surface area contributed by atoms with Crippen molar-refractivity contribution in [1.29, 1.82) is 0 Å². The van der Waals surface area contributed by atoms with Crippen LogP contribution in [0.1, 0.15) is 30.1 Å². The van der Waals surface area contributed by atoms with E-state index in [4.69, 9.17) is 9.84 Å². The zero-order valence-electron chi connectivity index (χ0n) is 11.5. The standard InChI is InChI=1S/C14H16INO5/c1-2-21-12(17)8-7-11(14(19)20)16-13(18)9-5-3-4-6-10(9)15/h3-6,11H,2,7-8H2,1H3,(H,16,18)(H,19,20)/t11-/m0/s1. The summed E-state index contributed by atoms with van der Waals surface area (Å²) in [7, 11) is 0. The van der Waals surface area contributed by atoms with Crippen molar-refractivity contribution in [2.75, 3.05) is 6.61 Å². The van der Waals surface area contributed by atoms with E-state index in [0.29, 0.717) is 5.56 Å². The molecule has 0 aliphatic heterocycles. The molecule has 1 amide bonds. The second-order valence-corrected chi connectivity index (χ2v) is 5.35. The molecule has 0 aromatic heterocycles. The van der Waals surface area contributed by atoms with Crippen LogP contribution in [0.4, 0.5) is 0 Å². The molecule has 0 saturated heterocycles. The highest BCUT2D eigenvalue weighted by Gasteiger charge is 2.22. The van der Waals surface area contributed by atoms with Gasteiger partial charge in [-0.15, -0.1) is 0 Å². The first-order valence-corrected chi connectivity index (χ1v) is 7.47. The lowest BCUT2D eigenvalue weighted by molar-refractivity contribution is -0.144. The molecule has 0 heterocycles. The summed E-state index contributed by atoms with van der Waals surface area (Å²) in [5.74, 6) is -2.14. The molecule has 6 nitrogen and oxygen atoms in total. The van der Waals surface area contributed by atoms with Gasteiger partial charge >= 0.3 is 11.9 Å². The van der Waals surface area contributed by atoms with Gasteiger partial charge in [-0.3, -0.25) is 9.59 Å². The van der Waals surface area contributed by atoms with Gasteiger partial charge in [-0.2, -0.15) is 0 Å². The van der Waals surface area contributed by atoms with E-state index in [0.717, 1.165) is 3.57 Å². The summed E-state index contributed by atoms with van der Waals surface area (Å²) in [6.07, 6.45) is -0.0692. The van der Waals surface area contributed by atoms with Gasteiger partial charge in [0.25, 0.3) is 5.91 Å². The van der Waals surface area contributed by atoms with Crippen LogP contribution in [-0.4, -0.2) is 35.6 Å². The Hall–Kier alpha value is -1.64. The molecular formula is C14H16INO5. The highest BCUT2D eigenvalue weighted by Crippen LogP contribution is 2.12. The Labute approximate surface area is 136 Å². The van der Waals surface area contributed by atoms with Gasteiger partial charge in [0.15, 0.2) is 0 Å². The number of aliphatic carboxylic acids is 1. The van der Waals surface area contributed by atoms with Crippen molar-refractivity contribution >= 4 is 40.4 Å². The van der Waals surface area contributed by atoms with Gasteiger partial charge in [-0.05, 0) is 48.1 Å². The predicted molar refractivity (Wildman–Crippen MR) is 83.9 cm³/mol. The number of carbonyl (C=O) groups excluding carboxylic acids is 2. The third kappa shape index (κ3) is 5.70. The summed E-state index contributed by atoms with van der Waals surface area (Å²) >= 11 is 2.00. The van der Waals surface area contributed by atoms with E-state index < -0.39 is 23.9 Å². The second kappa shape index (κ2) is 8.60. The van der Waals surface area contributed by atoms with Crippen LogP contribution >= 0.6 is 22.6 Å². The molecule has 0 unspecified atom stereocenters. The van der Waals surface area contributed by atoms with Crippen LogP contribution in [0.3, 0.4) is 0 Å². The van der Waals surface area contributed by atoms with Crippen molar-refractivity contribution in [3.63, 3.8) is 0 Å². The third-order valence-corrected chi connectivity index (χ3v) is 3.61. The summed E-state index contributed by atoms with van der Waals surface area (Å²) in [6, 6.07) is 5.72. The number of amides is 1. The van der Waals surface area contributed by atoms with Crippen LogP contribution < -0.4 is 5.32 Å². The number of carboxylic acid groups (broad SMARTS) is 1. The van der Waals surface area contributed by atoms with Crippen molar-refractivity contribution in [3.8, 4) is 0 Å². The quantitative estimate of drug-likeness (QED) is 0.534. The first kappa shape index (κ1) is 17.4. The van der Waals surface area contributed by atoms with Gasteiger partial charge in [0.05, 0.1) is 12.2 Å². The molecule has 1 atom stereocenters. The molecule has 0 radical (unpaired) electrons. The van der Waals surface area contributed by atoms with E-state index >= 15 is 0 Å². The fourth-order valence-electron chi connectivity index (χ4n) is 1.63. The zero-order chi connectivity index (χ0) is 15.8. The average Bonchev–Trinajstić information content (AvgIpc) is 2.43. The van der Waals surface area contributed by atoms with E-state index in [1.54, 1.807) is 31.2 Å². The Balaban J connectivity index is 2.66. The van der Waals surface area contributed by atoms with E-state index in [2.05, 4.69) is 5.32 Å². The van der Waals surface area contributed by atoms with Crippen molar-refractivity contribution < 1.29 is 24.2 Å². The highest BCUT2D eigenvalue weighted by molar-refractivity contribution is 14.1. The molecule has 0 saturated carbocycles. The normalized spacial score (nSPS) is 11.5. The Morgan fingerprint density at radius 3 is 2.57 bits per heavy atom. The molecule has 1 rings (SSSR count). The first-order chi connectivity index (χ1) is 9.95. The summed E-state index contributed by atoms with van der Waals surface area (Å²) in [6.45, 7) is 1.91. The molecule has 0 spiro atoms. The largest absolute Gasteiger partial charge is 0.480 e. The summed E-state index contributed by atoms with van der Waals surface area (Å²) in [5.41, 5.74) is 0.403. The van der Waals surface area contributed by atoms with Crippen molar-refractivity contribution in [2.24, 2.45) is 0 Å². The average molecular weight is 405 g/mol. The van der Waals surface area contributed by atoms with Crippen LogP contribution in [0.5, 0.6) is 0 Å². The Kier molecular flexibility index (Phi) is 7.13. The zero-order valence-corrected chi connectivity index (χ0v) is 13.6. The molecular weight excluding hydrogens is 389 g/mol. The summed E-state index contributed by atoms with van der Waals surface area (Å²) < 4.78 is 5.46. The van der Waals surface area contributed by atoms with Gasteiger partial charge in [0.1, 0.15) is 6.04 Å². The number of rotatable bonds is 7. The molecule has 0 bridgehead atoms. The number of benzene rings is 1. The van der Waals surface area contributed by atoms with Crippen molar-refractivity contribution in [2.45, 2.75) is 25.8 Å². The van der Waals surface area contributed by atoms with Crippen LogP contribution in [-0.2, 0) is 14.3 Å². The van der Waals surface area contributed by atoms with Gasteiger partial charge < -0.3 is 15.2 Å². The van der Waals surface area contributed by atoms with Crippen LogP contribution in [0.15, 0.2) is 24.3 Å². The fourth-order valence-corrected chi connectivity index (χ4v) is 2.27. The SMILES string of the molecule is CCOC(=O)CC[C@H](NC(=O)c1ccccc1I)C(=O)O. The molecule has 1 aromatic rings.